The van der Waals surface area contributed by atoms with Gasteiger partial charge in [-0.25, -0.2) is 0 Å². The lowest BCUT2D eigenvalue weighted by Gasteiger charge is -2.10. The molecule has 0 unspecified atom stereocenters. The average molecular weight is 446 g/mol. The minimum atomic E-state index is -0.521. The number of hydrogen-bond acceptors (Lipinski definition) is 3. The molecule has 5 nitrogen and oxygen atoms in total. The lowest BCUT2D eigenvalue weighted by molar-refractivity contribution is -0.113. The molecule has 0 radical (unpaired) electrons. The Morgan fingerprint density at radius 2 is 1.81 bits per heavy atom. The van der Waals surface area contributed by atoms with E-state index in [4.69, 9.17) is 16.0 Å². The molecule has 0 bridgehead atoms. The van der Waals surface area contributed by atoms with Crippen LogP contribution in [0.1, 0.15) is 16.1 Å². The summed E-state index contributed by atoms with van der Waals surface area (Å²) in [6.07, 6.45) is 2.97. The van der Waals surface area contributed by atoms with Crippen LogP contribution in [0.5, 0.6) is 0 Å². The van der Waals surface area contributed by atoms with Gasteiger partial charge in [0.2, 0.25) is 0 Å². The molecule has 0 saturated carbocycles. The van der Waals surface area contributed by atoms with Crippen LogP contribution in [0.3, 0.4) is 0 Å². The fourth-order valence-electron chi connectivity index (χ4n) is 2.24. The Morgan fingerprint density at radius 1 is 1.04 bits per heavy atom. The minimum Gasteiger partial charge on any atom is -0.459 e. The highest BCUT2D eigenvalue weighted by molar-refractivity contribution is 9.10. The van der Waals surface area contributed by atoms with Gasteiger partial charge in [-0.05, 0) is 60.2 Å². The molecule has 0 aliphatic heterocycles. The topological polar surface area (TPSA) is 71.3 Å². The van der Waals surface area contributed by atoms with Crippen molar-refractivity contribution in [2.24, 2.45) is 0 Å². The first-order valence-electron chi connectivity index (χ1n) is 7.90. The largest absolute Gasteiger partial charge is 0.459 e. The van der Waals surface area contributed by atoms with Gasteiger partial charge in [0, 0.05) is 15.2 Å². The number of carbonyl (C=O) groups is 2. The van der Waals surface area contributed by atoms with Crippen LogP contribution in [0.25, 0.3) is 6.08 Å². The van der Waals surface area contributed by atoms with Crippen LogP contribution < -0.4 is 10.6 Å². The molecular weight excluding hydrogens is 432 g/mol. The van der Waals surface area contributed by atoms with Gasteiger partial charge in [-0.1, -0.05) is 39.7 Å². The monoisotopic (exact) mass is 444 g/mol. The van der Waals surface area contributed by atoms with Gasteiger partial charge in [0.1, 0.15) is 5.70 Å². The van der Waals surface area contributed by atoms with Gasteiger partial charge in [-0.15, -0.1) is 0 Å². The van der Waals surface area contributed by atoms with Crippen LogP contribution in [0.15, 0.2) is 81.5 Å². The van der Waals surface area contributed by atoms with Crippen molar-refractivity contribution in [3.8, 4) is 0 Å². The van der Waals surface area contributed by atoms with Crippen molar-refractivity contribution >= 4 is 51.1 Å². The van der Waals surface area contributed by atoms with E-state index in [1.54, 1.807) is 36.4 Å². The summed E-state index contributed by atoms with van der Waals surface area (Å²) in [6, 6.07) is 17.1. The van der Waals surface area contributed by atoms with Gasteiger partial charge in [0.05, 0.1) is 6.26 Å². The SMILES string of the molecule is O=C(Nc1ccc(Cl)cc1)C(=Cc1cccc(Br)c1)NC(=O)c1ccco1. The summed E-state index contributed by atoms with van der Waals surface area (Å²) in [5.74, 6) is -0.890. The Hall–Kier alpha value is -2.83. The van der Waals surface area contributed by atoms with Crippen LogP contribution in [-0.2, 0) is 4.79 Å². The predicted octanol–water partition coefficient (Wildman–Crippen LogP) is 5.11. The Kier molecular flexibility index (Phi) is 6.11. The Labute approximate surface area is 169 Å². The number of nitrogens with one attached hydrogen (secondary N) is 2. The summed E-state index contributed by atoms with van der Waals surface area (Å²) in [7, 11) is 0. The van der Waals surface area contributed by atoms with E-state index in [1.807, 2.05) is 24.3 Å². The lowest BCUT2D eigenvalue weighted by atomic mass is 10.2. The second-order valence-corrected chi connectivity index (χ2v) is 6.86. The van der Waals surface area contributed by atoms with E-state index in [2.05, 4.69) is 26.6 Å². The normalized spacial score (nSPS) is 11.1. The van der Waals surface area contributed by atoms with Gasteiger partial charge in [-0.2, -0.15) is 0 Å². The van der Waals surface area contributed by atoms with Crippen molar-refractivity contribution in [2.45, 2.75) is 0 Å². The third-order valence-electron chi connectivity index (χ3n) is 3.50. The third kappa shape index (κ3) is 5.32. The second kappa shape index (κ2) is 8.70. The number of benzene rings is 2. The first-order chi connectivity index (χ1) is 13.0. The van der Waals surface area contributed by atoms with Gasteiger partial charge < -0.3 is 15.1 Å². The maximum atomic E-state index is 12.7. The molecule has 136 valence electrons. The number of furan rings is 1. The summed E-state index contributed by atoms with van der Waals surface area (Å²) < 4.78 is 5.94. The van der Waals surface area contributed by atoms with Crippen molar-refractivity contribution in [3.63, 3.8) is 0 Å². The van der Waals surface area contributed by atoms with E-state index in [0.29, 0.717) is 10.7 Å². The van der Waals surface area contributed by atoms with Crippen LogP contribution in [-0.4, -0.2) is 11.8 Å². The lowest BCUT2D eigenvalue weighted by Crippen LogP contribution is -2.30. The molecule has 1 heterocycles. The standard InChI is InChI=1S/C20H14BrClN2O3/c21-14-4-1-3-13(11-14)12-17(24-20(26)18-5-2-10-27-18)19(25)23-16-8-6-15(22)7-9-16/h1-12H,(H,23,25)(H,24,26). The van der Waals surface area contributed by atoms with E-state index < -0.39 is 11.8 Å². The smallest absolute Gasteiger partial charge is 0.291 e. The highest BCUT2D eigenvalue weighted by atomic mass is 79.9. The molecule has 0 aliphatic rings. The molecule has 3 rings (SSSR count). The number of rotatable bonds is 5. The predicted molar refractivity (Wildman–Crippen MR) is 108 cm³/mol. The zero-order valence-electron chi connectivity index (χ0n) is 13.9. The van der Waals surface area contributed by atoms with Gasteiger partial charge in [-0.3, -0.25) is 9.59 Å². The Bertz CT molecular complexity index is 983. The molecule has 3 aromatic rings. The van der Waals surface area contributed by atoms with Crippen molar-refractivity contribution < 1.29 is 14.0 Å². The maximum absolute atomic E-state index is 12.7. The van der Waals surface area contributed by atoms with Crippen LogP contribution >= 0.6 is 27.5 Å². The van der Waals surface area contributed by atoms with Crippen molar-refractivity contribution in [1.82, 2.24) is 5.32 Å². The molecule has 27 heavy (non-hydrogen) atoms. The summed E-state index contributed by atoms with van der Waals surface area (Å²) in [6.45, 7) is 0. The van der Waals surface area contributed by atoms with E-state index in [0.717, 1.165) is 10.0 Å². The summed E-state index contributed by atoms with van der Waals surface area (Å²) in [5.41, 5.74) is 1.37. The summed E-state index contributed by atoms with van der Waals surface area (Å²) >= 11 is 9.25. The zero-order chi connectivity index (χ0) is 19.2. The molecular formula is C20H14BrClN2O3. The molecule has 2 aromatic carbocycles. The first kappa shape index (κ1) is 18.9. The highest BCUT2D eigenvalue weighted by Gasteiger charge is 2.16. The van der Waals surface area contributed by atoms with E-state index >= 15 is 0 Å². The quantitative estimate of drug-likeness (QED) is 0.536. The average Bonchev–Trinajstić information content (AvgIpc) is 3.18. The number of halogens is 2. The van der Waals surface area contributed by atoms with Crippen LogP contribution in [0.4, 0.5) is 5.69 Å². The van der Waals surface area contributed by atoms with Crippen molar-refractivity contribution in [2.75, 3.05) is 5.32 Å². The van der Waals surface area contributed by atoms with Gasteiger partial charge in [0.25, 0.3) is 11.8 Å². The van der Waals surface area contributed by atoms with Crippen molar-refractivity contribution in [1.29, 1.82) is 0 Å². The molecule has 0 spiro atoms. The molecule has 2 N–H and O–H groups in total. The van der Waals surface area contributed by atoms with Gasteiger partial charge in [0.15, 0.2) is 5.76 Å². The van der Waals surface area contributed by atoms with E-state index in [9.17, 15) is 9.59 Å². The zero-order valence-corrected chi connectivity index (χ0v) is 16.3. The number of amides is 2. The van der Waals surface area contributed by atoms with E-state index in [-0.39, 0.29) is 11.5 Å². The summed E-state index contributed by atoms with van der Waals surface area (Å²) in [4.78, 5) is 25.0. The molecule has 7 heteroatoms. The van der Waals surface area contributed by atoms with Gasteiger partial charge >= 0.3 is 0 Å². The fraction of sp³-hybridized carbons (Fsp3) is 0. The van der Waals surface area contributed by atoms with Crippen molar-refractivity contribution in [3.05, 3.63) is 93.4 Å². The molecule has 0 aliphatic carbocycles. The van der Waals surface area contributed by atoms with Crippen LogP contribution in [0, 0.1) is 0 Å². The number of anilines is 1. The molecule has 2 amide bonds. The Morgan fingerprint density at radius 3 is 2.48 bits per heavy atom. The first-order valence-corrected chi connectivity index (χ1v) is 9.07. The minimum absolute atomic E-state index is 0.0736. The molecule has 0 saturated heterocycles. The summed E-state index contributed by atoms with van der Waals surface area (Å²) in [5, 5.41) is 5.88. The molecule has 0 atom stereocenters. The third-order valence-corrected chi connectivity index (χ3v) is 4.24. The fourth-order valence-corrected chi connectivity index (χ4v) is 2.79. The maximum Gasteiger partial charge on any atom is 0.291 e. The van der Waals surface area contributed by atoms with Crippen LogP contribution in [0.2, 0.25) is 5.02 Å². The Balaban J connectivity index is 1.87. The molecule has 0 fully saturated rings. The molecule has 1 aromatic heterocycles. The highest BCUT2D eigenvalue weighted by Crippen LogP contribution is 2.17. The van der Waals surface area contributed by atoms with E-state index in [1.165, 1.54) is 12.3 Å². The number of carbonyl (C=O) groups excluding carboxylic acids is 2. The number of hydrogen-bond donors (Lipinski definition) is 2. The second-order valence-electron chi connectivity index (χ2n) is 5.51.